The van der Waals surface area contributed by atoms with Gasteiger partial charge in [-0.25, -0.2) is 18.9 Å². The number of ether oxygens (including phenoxy) is 2. The van der Waals surface area contributed by atoms with E-state index >= 15 is 0 Å². The van der Waals surface area contributed by atoms with Crippen molar-refractivity contribution >= 4 is 24.7 Å². The molecule has 2 aliphatic heterocycles. The predicted molar refractivity (Wildman–Crippen MR) is 123 cm³/mol. The molecule has 1 aromatic carbocycles. The standard InChI is InChI=1S/C22H26FN4O8P/c1-22(29)18(28)17(34-21(22)27-7-5-13-19(24)25-11-26-20(13)27)10-33-36(30)32-8-6-16(35-36)14-9-12(31-2)3-4-15(14)23/h3-5,7,9,11,16-18,21,28-29H,6,8,10H2,1-2H3,(H2,24,25,26)/t16-,17-,18-,21-,22-,36?/m1/s1. The van der Waals surface area contributed by atoms with Crippen molar-refractivity contribution in [2.75, 3.05) is 26.1 Å². The van der Waals surface area contributed by atoms with Crippen molar-refractivity contribution in [2.45, 2.75) is 43.5 Å². The first-order valence-electron chi connectivity index (χ1n) is 11.2. The number of benzene rings is 1. The molecule has 0 amide bonds. The van der Waals surface area contributed by atoms with Crippen LogP contribution in [0.1, 0.15) is 31.2 Å². The highest BCUT2D eigenvalue weighted by atomic mass is 31.2. The van der Waals surface area contributed by atoms with Crippen molar-refractivity contribution in [3.8, 4) is 5.75 Å². The highest BCUT2D eigenvalue weighted by molar-refractivity contribution is 7.48. The summed E-state index contributed by atoms with van der Waals surface area (Å²) >= 11 is 0. The molecule has 6 atom stereocenters. The lowest BCUT2D eigenvalue weighted by atomic mass is 9.96. The average Bonchev–Trinajstić information content (AvgIpc) is 3.37. The fourth-order valence-electron chi connectivity index (χ4n) is 4.41. The summed E-state index contributed by atoms with van der Waals surface area (Å²) < 4.78 is 56.4. The maximum Gasteiger partial charge on any atom is 0.475 e. The van der Waals surface area contributed by atoms with Crippen LogP contribution in [0.3, 0.4) is 0 Å². The Morgan fingerprint density at radius 1 is 1.36 bits per heavy atom. The average molecular weight is 524 g/mol. The third-order valence-corrected chi connectivity index (χ3v) is 7.86. The zero-order chi connectivity index (χ0) is 25.7. The fraction of sp³-hybridized carbons (Fsp3) is 0.455. The molecule has 12 nitrogen and oxygen atoms in total. The Morgan fingerprint density at radius 3 is 2.94 bits per heavy atom. The van der Waals surface area contributed by atoms with Gasteiger partial charge in [-0.05, 0) is 31.2 Å². The SMILES string of the molecule is COc1ccc(F)c([C@H]2CCOP(=O)(OC[C@H]3O[C@@H](n4ccc5c(N)ncnc54)[C@](C)(O)[C@@H]3O)O2)c1. The van der Waals surface area contributed by atoms with Gasteiger partial charge in [0.25, 0.3) is 0 Å². The molecule has 14 heteroatoms. The summed E-state index contributed by atoms with van der Waals surface area (Å²) in [6, 6.07) is 5.82. The number of hydrogen-bond acceptors (Lipinski definition) is 11. The summed E-state index contributed by atoms with van der Waals surface area (Å²) in [5.74, 6) is 0.118. The maximum absolute atomic E-state index is 14.4. The van der Waals surface area contributed by atoms with Gasteiger partial charge in [0.15, 0.2) is 6.23 Å². The molecule has 4 N–H and O–H groups in total. The van der Waals surface area contributed by atoms with Gasteiger partial charge in [-0.1, -0.05) is 0 Å². The summed E-state index contributed by atoms with van der Waals surface area (Å²) in [5, 5.41) is 22.4. The second-order valence-electron chi connectivity index (χ2n) is 8.76. The number of aliphatic hydroxyl groups is 2. The number of aromatic nitrogens is 3. The number of nitrogen functional groups attached to an aromatic ring is 1. The van der Waals surface area contributed by atoms with Gasteiger partial charge in [0.1, 0.15) is 47.2 Å². The Kier molecular flexibility index (Phi) is 6.50. The Morgan fingerprint density at radius 2 is 2.17 bits per heavy atom. The van der Waals surface area contributed by atoms with Crippen LogP contribution in [0, 0.1) is 5.82 Å². The third-order valence-electron chi connectivity index (χ3n) is 6.38. The van der Waals surface area contributed by atoms with Crippen LogP contribution in [-0.4, -0.2) is 62.9 Å². The fourth-order valence-corrected chi connectivity index (χ4v) is 5.79. The molecule has 0 radical (unpaired) electrons. The zero-order valence-electron chi connectivity index (χ0n) is 19.5. The zero-order valence-corrected chi connectivity index (χ0v) is 20.4. The Bertz CT molecular complexity index is 1320. The molecule has 0 saturated carbocycles. The second-order valence-corrected chi connectivity index (χ2v) is 10.4. The molecule has 1 unspecified atom stereocenters. The van der Waals surface area contributed by atoms with Crippen molar-refractivity contribution in [2.24, 2.45) is 0 Å². The first-order chi connectivity index (χ1) is 17.1. The molecular weight excluding hydrogens is 498 g/mol. The monoisotopic (exact) mass is 524 g/mol. The van der Waals surface area contributed by atoms with E-state index in [-0.39, 0.29) is 24.4 Å². The van der Waals surface area contributed by atoms with Crippen LogP contribution in [0.2, 0.25) is 0 Å². The van der Waals surface area contributed by atoms with Gasteiger partial charge >= 0.3 is 7.82 Å². The number of aliphatic hydroxyl groups excluding tert-OH is 1. The lowest BCUT2D eigenvalue weighted by Crippen LogP contribution is -2.44. The number of hydrogen-bond donors (Lipinski definition) is 3. The molecule has 194 valence electrons. The Labute approximate surface area is 205 Å². The van der Waals surface area contributed by atoms with E-state index in [9.17, 15) is 19.2 Å². The van der Waals surface area contributed by atoms with Crippen LogP contribution < -0.4 is 10.5 Å². The smallest absolute Gasteiger partial charge is 0.475 e. The van der Waals surface area contributed by atoms with Crippen LogP contribution >= 0.6 is 7.82 Å². The van der Waals surface area contributed by atoms with Gasteiger partial charge in [-0.15, -0.1) is 0 Å². The summed E-state index contributed by atoms with van der Waals surface area (Å²) in [6.07, 6.45) is -1.38. The summed E-state index contributed by atoms with van der Waals surface area (Å²) in [6.45, 7) is 0.953. The molecule has 0 bridgehead atoms. The topological polar surface area (TPSA) is 160 Å². The van der Waals surface area contributed by atoms with Gasteiger partial charge in [0, 0.05) is 18.2 Å². The Hall–Kier alpha value is -2.64. The van der Waals surface area contributed by atoms with Crippen LogP contribution in [-0.2, 0) is 22.9 Å². The lowest BCUT2D eigenvalue weighted by molar-refractivity contribution is -0.0951. The molecule has 0 aliphatic carbocycles. The predicted octanol–water partition coefficient (Wildman–Crippen LogP) is 2.47. The number of nitrogens with zero attached hydrogens (tertiary/aromatic N) is 3. The van der Waals surface area contributed by atoms with Crippen molar-refractivity contribution in [1.29, 1.82) is 0 Å². The summed E-state index contributed by atoms with van der Waals surface area (Å²) in [4.78, 5) is 8.13. The minimum atomic E-state index is -4.15. The lowest BCUT2D eigenvalue weighted by Gasteiger charge is -2.30. The maximum atomic E-state index is 14.4. The van der Waals surface area contributed by atoms with E-state index in [1.165, 1.54) is 43.1 Å². The molecule has 2 aliphatic rings. The molecule has 4 heterocycles. The number of phosphoric acid groups is 1. The first-order valence-corrected chi connectivity index (χ1v) is 12.6. The highest BCUT2D eigenvalue weighted by Crippen LogP contribution is 2.57. The summed E-state index contributed by atoms with van der Waals surface area (Å²) in [7, 11) is -2.70. The summed E-state index contributed by atoms with van der Waals surface area (Å²) in [5.41, 5.74) is 4.67. The molecule has 5 rings (SSSR count). The number of rotatable bonds is 6. The van der Waals surface area contributed by atoms with Crippen LogP contribution in [0.25, 0.3) is 11.0 Å². The van der Waals surface area contributed by atoms with Crippen molar-refractivity contribution in [1.82, 2.24) is 14.5 Å². The van der Waals surface area contributed by atoms with Gasteiger partial charge in [0.2, 0.25) is 0 Å². The first kappa shape index (κ1) is 25.0. The van der Waals surface area contributed by atoms with Crippen LogP contribution in [0.15, 0.2) is 36.8 Å². The number of phosphoric ester groups is 1. The van der Waals surface area contributed by atoms with Gasteiger partial charge in [-0.2, -0.15) is 0 Å². The molecular formula is C22H26FN4O8P. The van der Waals surface area contributed by atoms with Crippen LogP contribution in [0.5, 0.6) is 5.75 Å². The number of halogens is 1. The van der Waals surface area contributed by atoms with Gasteiger partial charge in [0.05, 0.1) is 31.8 Å². The number of fused-ring (bicyclic) bond motifs is 1. The van der Waals surface area contributed by atoms with Gasteiger partial charge < -0.3 is 30.0 Å². The number of methoxy groups -OCH3 is 1. The van der Waals surface area contributed by atoms with E-state index in [0.29, 0.717) is 16.8 Å². The van der Waals surface area contributed by atoms with Gasteiger partial charge in [-0.3, -0.25) is 13.6 Å². The molecule has 2 saturated heterocycles. The number of nitrogens with two attached hydrogens (primary N) is 1. The Balaban J connectivity index is 1.31. The minimum Gasteiger partial charge on any atom is -0.497 e. The van der Waals surface area contributed by atoms with E-state index in [2.05, 4.69) is 9.97 Å². The van der Waals surface area contributed by atoms with E-state index in [4.69, 9.17) is 28.8 Å². The molecule has 3 aromatic rings. The molecule has 2 fully saturated rings. The number of anilines is 1. The largest absolute Gasteiger partial charge is 0.497 e. The minimum absolute atomic E-state index is 0.0104. The highest BCUT2D eigenvalue weighted by Gasteiger charge is 2.54. The van der Waals surface area contributed by atoms with E-state index in [1.54, 1.807) is 12.3 Å². The second kappa shape index (κ2) is 9.34. The molecule has 2 aromatic heterocycles. The van der Waals surface area contributed by atoms with E-state index in [0.717, 1.165) is 0 Å². The van der Waals surface area contributed by atoms with Crippen molar-refractivity contribution in [3.05, 3.63) is 48.2 Å². The molecule has 0 spiro atoms. The van der Waals surface area contributed by atoms with Crippen molar-refractivity contribution in [3.63, 3.8) is 0 Å². The van der Waals surface area contributed by atoms with Crippen molar-refractivity contribution < 1.29 is 42.2 Å². The quantitative estimate of drug-likeness (QED) is 0.406. The van der Waals surface area contributed by atoms with E-state index < -0.39 is 50.4 Å². The van der Waals surface area contributed by atoms with E-state index in [1.807, 2.05) is 0 Å². The molecule has 36 heavy (non-hydrogen) atoms. The van der Waals surface area contributed by atoms with Crippen LogP contribution in [0.4, 0.5) is 10.2 Å². The third kappa shape index (κ3) is 4.37. The normalized spacial score (nSPS) is 32.7.